The van der Waals surface area contributed by atoms with Crippen LogP contribution >= 0.6 is 0 Å². The fourth-order valence-corrected chi connectivity index (χ4v) is 2.55. The summed E-state index contributed by atoms with van der Waals surface area (Å²) >= 11 is 0. The van der Waals surface area contributed by atoms with Crippen LogP contribution in [0.1, 0.15) is 38.2 Å². The molecule has 0 bridgehead atoms. The molecule has 2 nitrogen and oxygen atoms in total. The lowest BCUT2D eigenvalue weighted by Gasteiger charge is -2.34. The summed E-state index contributed by atoms with van der Waals surface area (Å²) in [5, 5.41) is 10.6. The van der Waals surface area contributed by atoms with Crippen LogP contribution < -0.4 is 0 Å². The standard InChI is InChI=1S/C14H18O2/c1-14(16,11-7-3-2-4-8-11)12-9-5-6-10-13(12)15/h2-4,7-8,12,16H,5-6,9-10H2,1H3/t12-,14-/m1/s1. The summed E-state index contributed by atoms with van der Waals surface area (Å²) in [5.74, 6) is -0.0243. The third-order valence-corrected chi connectivity index (χ3v) is 3.59. The van der Waals surface area contributed by atoms with Crippen molar-refractivity contribution in [2.45, 2.75) is 38.2 Å². The van der Waals surface area contributed by atoms with Gasteiger partial charge in [0.1, 0.15) is 5.78 Å². The van der Waals surface area contributed by atoms with Gasteiger partial charge in [-0.25, -0.2) is 0 Å². The molecule has 2 rings (SSSR count). The molecule has 1 fully saturated rings. The Bertz CT molecular complexity index is 368. The van der Waals surface area contributed by atoms with E-state index in [1.165, 1.54) is 0 Å². The van der Waals surface area contributed by atoms with Crippen molar-refractivity contribution in [1.29, 1.82) is 0 Å². The minimum atomic E-state index is -1.02. The number of carbonyl (C=O) groups excluding carboxylic acids is 1. The smallest absolute Gasteiger partial charge is 0.139 e. The molecule has 16 heavy (non-hydrogen) atoms. The highest BCUT2D eigenvalue weighted by atomic mass is 16.3. The van der Waals surface area contributed by atoms with E-state index in [2.05, 4.69) is 0 Å². The molecule has 0 aliphatic heterocycles. The number of hydrogen-bond acceptors (Lipinski definition) is 2. The first-order chi connectivity index (χ1) is 7.62. The van der Waals surface area contributed by atoms with Gasteiger partial charge in [0.2, 0.25) is 0 Å². The molecule has 1 aromatic rings. The molecule has 0 unspecified atom stereocenters. The molecule has 0 saturated heterocycles. The maximum Gasteiger partial charge on any atom is 0.139 e. The van der Waals surface area contributed by atoms with Gasteiger partial charge in [-0.3, -0.25) is 4.79 Å². The van der Waals surface area contributed by atoms with Gasteiger partial charge in [-0.05, 0) is 25.3 Å². The third-order valence-electron chi connectivity index (χ3n) is 3.59. The van der Waals surface area contributed by atoms with Crippen LogP contribution in [0.25, 0.3) is 0 Å². The predicted octanol–water partition coefficient (Wildman–Crippen LogP) is 2.65. The lowest BCUT2D eigenvalue weighted by atomic mass is 9.74. The molecular formula is C14H18O2. The Morgan fingerprint density at radius 3 is 2.56 bits per heavy atom. The summed E-state index contributed by atoms with van der Waals surface area (Å²) in [6.07, 6.45) is 3.44. The number of ketones is 1. The molecule has 0 spiro atoms. The maximum absolute atomic E-state index is 11.9. The van der Waals surface area contributed by atoms with E-state index in [-0.39, 0.29) is 11.7 Å². The summed E-state index contributed by atoms with van der Waals surface area (Å²) in [7, 11) is 0. The Kier molecular flexibility index (Phi) is 3.10. The van der Waals surface area contributed by atoms with Crippen LogP contribution in [0.4, 0.5) is 0 Å². The van der Waals surface area contributed by atoms with Crippen molar-refractivity contribution in [1.82, 2.24) is 0 Å². The van der Waals surface area contributed by atoms with Crippen LogP contribution in [0.15, 0.2) is 30.3 Å². The zero-order chi connectivity index (χ0) is 11.6. The molecule has 1 N–H and O–H groups in total. The zero-order valence-electron chi connectivity index (χ0n) is 9.65. The van der Waals surface area contributed by atoms with Crippen LogP contribution in [0.3, 0.4) is 0 Å². The minimum Gasteiger partial charge on any atom is -0.385 e. The van der Waals surface area contributed by atoms with Crippen LogP contribution in [0, 0.1) is 5.92 Å². The molecule has 86 valence electrons. The number of benzene rings is 1. The first kappa shape index (κ1) is 11.3. The van der Waals surface area contributed by atoms with E-state index in [1.54, 1.807) is 6.92 Å². The van der Waals surface area contributed by atoms with Gasteiger partial charge in [-0.2, -0.15) is 0 Å². The Labute approximate surface area is 96.3 Å². The van der Waals surface area contributed by atoms with Crippen molar-refractivity contribution in [3.8, 4) is 0 Å². The summed E-state index contributed by atoms with van der Waals surface area (Å²) in [6.45, 7) is 1.76. The average molecular weight is 218 g/mol. The molecule has 2 atom stereocenters. The van der Waals surface area contributed by atoms with Gasteiger partial charge >= 0.3 is 0 Å². The van der Waals surface area contributed by atoms with Crippen molar-refractivity contribution in [3.63, 3.8) is 0 Å². The molecule has 0 heterocycles. The number of rotatable bonds is 2. The maximum atomic E-state index is 11.9. The van der Waals surface area contributed by atoms with Gasteiger partial charge in [-0.1, -0.05) is 36.8 Å². The number of hydrogen-bond donors (Lipinski definition) is 1. The van der Waals surface area contributed by atoms with Gasteiger partial charge in [0.15, 0.2) is 0 Å². The SMILES string of the molecule is C[C@@](O)(c1ccccc1)[C@@H]1CCCCC1=O. The predicted molar refractivity (Wildman–Crippen MR) is 63.0 cm³/mol. The van der Waals surface area contributed by atoms with Gasteiger partial charge in [0, 0.05) is 6.42 Å². The largest absolute Gasteiger partial charge is 0.385 e. The van der Waals surface area contributed by atoms with Gasteiger partial charge in [-0.15, -0.1) is 0 Å². The Hall–Kier alpha value is -1.15. The first-order valence-corrected chi connectivity index (χ1v) is 5.93. The van der Waals surface area contributed by atoms with Crippen LogP contribution in [0.2, 0.25) is 0 Å². The van der Waals surface area contributed by atoms with Crippen LogP contribution in [-0.2, 0) is 10.4 Å². The molecule has 1 aromatic carbocycles. The Balaban J connectivity index is 2.27. The zero-order valence-corrected chi connectivity index (χ0v) is 9.65. The van der Waals surface area contributed by atoms with Crippen molar-refractivity contribution in [2.24, 2.45) is 5.92 Å². The minimum absolute atomic E-state index is 0.208. The van der Waals surface area contributed by atoms with E-state index < -0.39 is 5.60 Å². The van der Waals surface area contributed by atoms with Gasteiger partial charge in [0.05, 0.1) is 11.5 Å². The number of Topliss-reactive ketones (excluding diaryl/α,β-unsaturated/α-hetero) is 1. The monoisotopic (exact) mass is 218 g/mol. The second kappa shape index (κ2) is 4.38. The van der Waals surface area contributed by atoms with E-state index in [4.69, 9.17) is 0 Å². The highest BCUT2D eigenvalue weighted by molar-refractivity contribution is 5.83. The summed E-state index contributed by atoms with van der Waals surface area (Å²) in [4.78, 5) is 11.9. The topological polar surface area (TPSA) is 37.3 Å². The van der Waals surface area contributed by atoms with Crippen molar-refractivity contribution >= 4 is 5.78 Å². The fourth-order valence-electron chi connectivity index (χ4n) is 2.55. The molecule has 0 amide bonds. The van der Waals surface area contributed by atoms with E-state index in [0.717, 1.165) is 24.8 Å². The van der Waals surface area contributed by atoms with Gasteiger partial charge < -0.3 is 5.11 Å². The molecule has 1 aliphatic rings. The van der Waals surface area contributed by atoms with Gasteiger partial charge in [0.25, 0.3) is 0 Å². The lowest BCUT2D eigenvalue weighted by Crippen LogP contribution is -2.38. The molecule has 2 heteroatoms. The van der Waals surface area contributed by atoms with Crippen LogP contribution in [0.5, 0.6) is 0 Å². The second-order valence-electron chi connectivity index (χ2n) is 4.78. The highest BCUT2D eigenvalue weighted by Crippen LogP contribution is 2.36. The average Bonchev–Trinajstić information content (AvgIpc) is 2.30. The molecular weight excluding hydrogens is 200 g/mol. The highest BCUT2D eigenvalue weighted by Gasteiger charge is 2.39. The second-order valence-corrected chi connectivity index (χ2v) is 4.78. The summed E-state index contributed by atoms with van der Waals surface area (Å²) in [6, 6.07) is 9.50. The van der Waals surface area contributed by atoms with Crippen LogP contribution in [-0.4, -0.2) is 10.9 Å². The first-order valence-electron chi connectivity index (χ1n) is 5.93. The third kappa shape index (κ3) is 2.03. The molecule has 1 saturated carbocycles. The molecule has 0 aromatic heterocycles. The molecule has 1 aliphatic carbocycles. The lowest BCUT2D eigenvalue weighted by molar-refractivity contribution is -0.134. The Morgan fingerprint density at radius 1 is 1.25 bits per heavy atom. The summed E-state index contributed by atoms with van der Waals surface area (Å²) < 4.78 is 0. The van der Waals surface area contributed by atoms with E-state index in [1.807, 2.05) is 30.3 Å². The quantitative estimate of drug-likeness (QED) is 0.828. The normalized spacial score (nSPS) is 25.1. The van der Waals surface area contributed by atoms with E-state index in [0.29, 0.717) is 6.42 Å². The van der Waals surface area contributed by atoms with Crippen molar-refractivity contribution in [2.75, 3.05) is 0 Å². The number of carbonyl (C=O) groups is 1. The van der Waals surface area contributed by atoms with Crippen molar-refractivity contribution < 1.29 is 9.90 Å². The Morgan fingerprint density at radius 2 is 1.94 bits per heavy atom. The van der Waals surface area contributed by atoms with E-state index >= 15 is 0 Å². The summed E-state index contributed by atoms with van der Waals surface area (Å²) in [5.41, 5.74) is -0.172. The number of aliphatic hydroxyl groups is 1. The fraction of sp³-hybridized carbons (Fsp3) is 0.500. The van der Waals surface area contributed by atoms with Crippen molar-refractivity contribution in [3.05, 3.63) is 35.9 Å². The molecule has 0 radical (unpaired) electrons. The van der Waals surface area contributed by atoms with E-state index in [9.17, 15) is 9.90 Å².